The number of piperidine rings is 1. The predicted molar refractivity (Wildman–Crippen MR) is 81.5 cm³/mol. The standard InChI is InChI=1S/C15H21BrN2O/c16-13-4-5-15(12(9-13)11-19)18-8-7-17-6-2-1-3-14(17)10-18/h4-5,9,14,19H,1-3,6-8,10-11H2. The van der Waals surface area contributed by atoms with Crippen LogP contribution in [0, 0.1) is 0 Å². The summed E-state index contributed by atoms with van der Waals surface area (Å²) in [6.45, 7) is 4.72. The average Bonchev–Trinajstić information content (AvgIpc) is 2.46. The second kappa shape index (κ2) is 5.81. The lowest BCUT2D eigenvalue weighted by molar-refractivity contribution is 0.133. The number of hydrogen-bond donors (Lipinski definition) is 1. The molecule has 2 aliphatic rings. The van der Waals surface area contributed by atoms with E-state index >= 15 is 0 Å². The summed E-state index contributed by atoms with van der Waals surface area (Å²) in [5.74, 6) is 0. The third-order valence-corrected chi connectivity index (χ3v) is 4.88. The van der Waals surface area contributed by atoms with E-state index in [0.717, 1.165) is 29.7 Å². The van der Waals surface area contributed by atoms with Gasteiger partial charge in [0.25, 0.3) is 0 Å². The van der Waals surface area contributed by atoms with Crippen LogP contribution in [0.25, 0.3) is 0 Å². The fraction of sp³-hybridized carbons (Fsp3) is 0.600. The normalized spacial score (nSPS) is 24.3. The van der Waals surface area contributed by atoms with E-state index in [0.29, 0.717) is 6.04 Å². The van der Waals surface area contributed by atoms with Crippen molar-refractivity contribution in [2.45, 2.75) is 31.9 Å². The highest BCUT2D eigenvalue weighted by Crippen LogP contribution is 2.29. The van der Waals surface area contributed by atoms with Crippen molar-refractivity contribution in [2.24, 2.45) is 0 Å². The summed E-state index contributed by atoms with van der Waals surface area (Å²) in [4.78, 5) is 5.09. The van der Waals surface area contributed by atoms with Crippen LogP contribution in [0.15, 0.2) is 22.7 Å². The van der Waals surface area contributed by atoms with Crippen molar-refractivity contribution in [3.63, 3.8) is 0 Å². The number of benzene rings is 1. The minimum absolute atomic E-state index is 0.111. The van der Waals surface area contributed by atoms with Gasteiger partial charge in [-0.25, -0.2) is 0 Å². The summed E-state index contributed by atoms with van der Waals surface area (Å²) in [5, 5.41) is 9.55. The number of nitrogens with zero attached hydrogens (tertiary/aromatic N) is 2. The minimum Gasteiger partial charge on any atom is -0.392 e. The van der Waals surface area contributed by atoms with Gasteiger partial charge in [-0.1, -0.05) is 22.4 Å². The van der Waals surface area contributed by atoms with Crippen LogP contribution >= 0.6 is 15.9 Å². The highest BCUT2D eigenvalue weighted by atomic mass is 79.9. The number of aliphatic hydroxyl groups excluding tert-OH is 1. The molecule has 0 radical (unpaired) electrons. The molecule has 3 nitrogen and oxygen atoms in total. The molecule has 2 saturated heterocycles. The topological polar surface area (TPSA) is 26.7 Å². The van der Waals surface area contributed by atoms with Crippen LogP contribution in [-0.2, 0) is 6.61 Å². The van der Waals surface area contributed by atoms with Gasteiger partial charge in [0.1, 0.15) is 0 Å². The molecule has 2 aliphatic heterocycles. The predicted octanol–water partition coefficient (Wildman–Crippen LogP) is 2.62. The molecule has 0 bridgehead atoms. The number of fused-ring (bicyclic) bond motifs is 1. The molecule has 3 rings (SSSR count). The number of rotatable bonds is 2. The fourth-order valence-corrected chi connectivity index (χ4v) is 3.77. The Morgan fingerprint density at radius 1 is 1.21 bits per heavy atom. The summed E-state index contributed by atoms with van der Waals surface area (Å²) in [7, 11) is 0. The Kier molecular flexibility index (Phi) is 4.10. The van der Waals surface area contributed by atoms with Gasteiger partial charge in [-0.15, -0.1) is 0 Å². The van der Waals surface area contributed by atoms with E-state index in [-0.39, 0.29) is 6.61 Å². The molecule has 1 aromatic carbocycles. The summed E-state index contributed by atoms with van der Waals surface area (Å²) >= 11 is 3.48. The van der Waals surface area contributed by atoms with Gasteiger partial charge in [-0.3, -0.25) is 4.90 Å². The van der Waals surface area contributed by atoms with Crippen molar-refractivity contribution in [3.05, 3.63) is 28.2 Å². The van der Waals surface area contributed by atoms with E-state index in [4.69, 9.17) is 0 Å². The van der Waals surface area contributed by atoms with E-state index in [1.165, 1.54) is 31.5 Å². The Morgan fingerprint density at radius 3 is 2.95 bits per heavy atom. The van der Waals surface area contributed by atoms with E-state index < -0.39 is 0 Å². The largest absolute Gasteiger partial charge is 0.392 e. The van der Waals surface area contributed by atoms with Crippen molar-refractivity contribution < 1.29 is 5.11 Å². The molecule has 4 heteroatoms. The molecule has 0 aliphatic carbocycles. The zero-order chi connectivity index (χ0) is 13.2. The molecule has 0 saturated carbocycles. The molecule has 104 valence electrons. The van der Waals surface area contributed by atoms with Crippen molar-refractivity contribution >= 4 is 21.6 Å². The molecule has 2 heterocycles. The maximum Gasteiger partial charge on any atom is 0.0702 e. The van der Waals surface area contributed by atoms with Crippen LogP contribution in [0.3, 0.4) is 0 Å². The second-order valence-electron chi connectivity index (χ2n) is 5.56. The molecule has 1 N–H and O–H groups in total. The molecule has 0 spiro atoms. The summed E-state index contributed by atoms with van der Waals surface area (Å²) in [5.41, 5.74) is 2.23. The smallest absolute Gasteiger partial charge is 0.0702 e. The van der Waals surface area contributed by atoms with Gasteiger partial charge in [0, 0.05) is 41.4 Å². The molecule has 0 aromatic heterocycles. The molecule has 1 unspecified atom stereocenters. The molecular formula is C15H21BrN2O. The van der Waals surface area contributed by atoms with E-state index in [1.54, 1.807) is 0 Å². The van der Waals surface area contributed by atoms with E-state index in [1.807, 2.05) is 6.07 Å². The zero-order valence-electron chi connectivity index (χ0n) is 11.2. The minimum atomic E-state index is 0.111. The molecule has 1 atom stereocenters. The lowest BCUT2D eigenvalue weighted by Crippen LogP contribution is -2.55. The van der Waals surface area contributed by atoms with Gasteiger partial charge in [-0.2, -0.15) is 0 Å². The van der Waals surface area contributed by atoms with Gasteiger partial charge >= 0.3 is 0 Å². The van der Waals surface area contributed by atoms with Crippen LogP contribution in [0.2, 0.25) is 0 Å². The van der Waals surface area contributed by atoms with Crippen LogP contribution in [0.1, 0.15) is 24.8 Å². The third-order valence-electron chi connectivity index (χ3n) is 4.39. The quantitative estimate of drug-likeness (QED) is 0.905. The van der Waals surface area contributed by atoms with Crippen molar-refractivity contribution in [3.8, 4) is 0 Å². The summed E-state index contributed by atoms with van der Waals surface area (Å²) < 4.78 is 1.04. The maximum atomic E-state index is 9.55. The first-order valence-corrected chi connectivity index (χ1v) is 7.95. The first-order chi connectivity index (χ1) is 9.28. The van der Waals surface area contributed by atoms with E-state index in [2.05, 4.69) is 37.9 Å². The van der Waals surface area contributed by atoms with Crippen LogP contribution in [0.5, 0.6) is 0 Å². The second-order valence-corrected chi connectivity index (χ2v) is 6.48. The number of piperazine rings is 1. The number of anilines is 1. The first kappa shape index (κ1) is 13.4. The average molecular weight is 325 g/mol. The molecule has 0 amide bonds. The first-order valence-electron chi connectivity index (χ1n) is 7.16. The van der Waals surface area contributed by atoms with Gasteiger partial charge in [0.15, 0.2) is 0 Å². The number of halogens is 1. The number of aliphatic hydroxyl groups is 1. The summed E-state index contributed by atoms with van der Waals surface area (Å²) in [6.07, 6.45) is 4.04. The Morgan fingerprint density at radius 2 is 2.11 bits per heavy atom. The molecular weight excluding hydrogens is 304 g/mol. The van der Waals surface area contributed by atoms with Gasteiger partial charge in [0.2, 0.25) is 0 Å². The van der Waals surface area contributed by atoms with Crippen molar-refractivity contribution in [2.75, 3.05) is 31.1 Å². The molecule has 1 aromatic rings. The SMILES string of the molecule is OCc1cc(Br)ccc1N1CCN2CCCCC2C1. The van der Waals surface area contributed by atoms with Gasteiger partial charge < -0.3 is 10.0 Å². The van der Waals surface area contributed by atoms with Gasteiger partial charge in [-0.05, 0) is 37.6 Å². The zero-order valence-corrected chi connectivity index (χ0v) is 12.8. The number of hydrogen-bond acceptors (Lipinski definition) is 3. The highest BCUT2D eigenvalue weighted by Gasteiger charge is 2.29. The molecule has 2 fully saturated rings. The van der Waals surface area contributed by atoms with Gasteiger partial charge in [0.05, 0.1) is 6.61 Å². The Labute approximate surface area is 123 Å². The highest BCUT2D eigenvalue weighted by molar-refractivity contribution is 9.10. The lowest BCUT2D eigenvalue weighted by atomic mass is 9.98. The summed E-state index contributed by atoms with van der Waals surface area (Å²) in [6, 6.07) is 6.94. The fourth-order valence-electron chi connectivity index (χ4n) is 3.36. The lowest BCUT2D eigenvalue weighted by Gasteiger charge is -2.45. The maximum absolute atomic E-state index is 9.55. The Bertz CT molecular complexity index is 452. The van der Waals surface area contributed by atoms with E-state index in [9.17, 15) is 5.11 Å². The van der Waals surface area contributed by atoms with Crippen LogP contribution in [-0.4, -0.2) is 42.2 Å². The molecule has 19 heavy (non-hydrogen) atoms. The Hall–Kier alpha value is -0.580. The monoisotopic (exact) mass is 324 g/mol. The van der Waals surface area contributed by atoms with Crippen molar-refractivity contribution in [1.29, 1.82) is 0 Å². The van der Waals surface area contributed by atoms with Crippen molar-refractivity contribution in [1.82, 2.24) is 4.90 Å². The van der Waals surface area contributed by atoms with Crippen LogP contribution in [0.4, 0.5) is 5.69 Å². The van der Waals surface area contributed by atoms with Crippen LogP contribution < -0.4 is 4.90 Å². The third kappa shape index (κ3) is 2.81. The Balaban J connectivity index is 1.79.